The van der Waals surface area contributed by atoms with Gasteiger partial charge >= 0.3 is 5.97 Å². The predicted molar refractivity (Wildman–Crippen MR) is 104 cm³/mol. The Balaban J connectivity index is 1.48. The minimum atomic E-state index is -0.674. The van der Waals surface area contributed by atoms with Gasteiger partial charge in [0.1, 0.15) is 10.6 Å². The molecule has 0 aliphatic carbocycles. The monoisotopic (exact) mass is 395 g/mol. The van der Waals surface area contributed by atoms with Crippen LogP contribution in [0.4, 0.5) is 0 Å². The molecule has 1 aromatic carbocycles. The van der Waals surface area contributed by atoms with Crippen LogP contribution < -0.4 is 4.74 Å². The molecule has 4 aromatic rings. The lowest BCUT2D eigenvalue weighted by Crippen LogP contribution is -2.10. The molecule has 1 atom stereocenters. The van der Waals surface area contributed by atoms with E-state index in [4.69, 9.17) is 13.9 Å². The lowest BCUT2D eigenvalue weighted by atomic mass is 10.2. The van der Waals surface area contributed by atoms with Gasteiger partial charge in [0.2, 0.25) is 5.89 Å². The van der Waals surface area contributed by atoms with E-state index in [-0.39, 0.29) is 5.89 Å². The second-order valence-electron chi connectivity index (χ2n) is 5.95. The molecule has 8 heteroatoms. The van der Waals surface area contributed by atoms with Crippen LogP contribution in [0.3, 0.4) is 0 Å². The number of thiophene rings is 1. The van der Waals surface area contributed by atoms with Crippen LogP contribution in [0, 0.1) is 0 Å². The van der Waals surface area contributed by atoms with Crippen LogP contribution >= 0.6 is 11.3 Å². The topological polar surface area (TPSA) is 79.4 Å². The van der Waals surface area contributed by atoms with Gasteiger partial charge in [-0.25, -0.2) is 4.79 Å². The maximum absolute atomic E-state index is 12.6. The molecule has 7 nitrogen and oxygen atoms in total. The third-order valence-electron chi connectivity index (χ3n) is 4.12. The van der Waals surface area contributed by atoms with Crippen molar-refractivity contribution in [3.8, 4) is 22.9 Å². The standard InChI is InChI=1S/C20H17N3O4S/c1-13(18-21-22-19(27-18)14-5-7-15(25-2)8-6-14)26-20(24)17-16(9-12-28-17)23-10-3-4-11-23/h3-13H,1-2H3. The van der Waals surface area contributed by atoms with Crippen molar-refractivity contribution >= 4 is 17.3 Å². The van der Waals surface area contributed by atoms with Gasteiger partial charge in [0.25, 0.3) is 5.89 Å². The van der Waals surface area contributed by atoms with Crippen molar-refractivity contribution in [2.45, 2.75) is 13.0 Å². The number of aromatic nitrogens is 3. The summed E-state index contributed by atoms with van der Waals surface area (Å²) < 4.78 is 18.2. The summed E-state index contributed by atoms with van der Waals surface area (Å²) in [5.41, 5.74) is 1.53. The van der Waals surface area contributed by atoms with Crippen molar-refractivity contribution in [3.05, 3.63) is 71.0 Å². The molecule has 0 radical (unpaired) electrons. The summed E-state index contributed by atoms with van der Waals surface area (Å²) in [6.07, 6.45) is 3.08. The van der Waals surface area contributed by atoms with Crippen LogP contribution in [0.2, 0.25) is 0 Å². The molecule has 28 heavy (non-hydrogen) atoms. The van der Waals surface area contributed by atoms with Gasteiger partial charge in [0.15, 0.2) is 6.10 Å². The number of carbonyl (C=O) groups excluding carboxylic acids is 1. The quantitative estimate of drug-likeness (QED) is 0.447. The molecule has 0 aliphatic heterocycles. The molecule has 4 rings (SSSR count). The van der Waals surface area contributed by atoms with E-state index >= 15 is 0 Å². The normalized spacial score (nSPS) is 11.9. The van der Waals surface area contributed by atoms with Crippen molar-refractivity contribution in [3.63, 3.8) is 0 Å². The summed E-state index contributed by atoms with van der Waals surface area (Å²) in [7, 11) is 1.60. The Kier molecular flexibility index (Phi) is 4.94. The fraction of sp³-hybridized carbons (Fsp3) is 0.150. The highest BCUT2D eigenvalue weighted by atomic mass is 32.1. The predicted octanol–water partition coefficient (Wildman–Crippen LogP) is 4.52. The Hall–Kier alpha value is -3.39. The highest BCUT2D eigenvalue weighted by Gasteiger charge is 2.23. The molecule has 0 amide bonds. The average molecular weight is 395 g/mol. The number of ether oxygens (including phenoxy) is 2. The Morgan fingerprint density at radius 1 is 1.14 bits per heavy atom. The molecule has 3 heterocycles. The van der Waals surface area contributed by atoms with Crippen LogP contribution in [0.15, 0.2) is 64.7 Å². The maximum Gasteiger partial charge on any atom is 0.351 e. The zero-order valence-electron chi connectivity index (χ0n) is 15.2. The summed E-state index contributed by atoms with van der Waals surface area (Å²) in [6.45, 7) is 1.70. The first-order chi connectivity index (χ1) is 13.7. The van der Waals surface area contributed by atoms with E-state index in [2.05, 4.69) is 10.2 Å². The highest BCUT2D eigenvalue weighted by molar-refractivity contribution is 7.12. The first-order valence-electron chi connectivity index (χ1n) is 8.55. The molecule has 0 N–H and O–H groups in total. The lowest BCUT2D eigenvalue weighted by molar-refractivity contribution is 0.0286. The zero-order chi connectivity index (χ0) is 19.5. The third-order valence-corrected chi connectivity index (χ3v) is 5.01. The summed E-state index contributed by atoms with van der Waals surface area (Å²) in [5.74, 6) is 0.888. The van der Waals surface area contributed by atoms with Gasteiger partial charge in [-0.1, -0.05) is 0 Å². The number of hydrogen-bond donors (Lipinski definition) is 0. The lowest BCUT2D eigenvalue weighted by Gasteiger charge is -2.10. The number of hydrogen-bond acceptors (Lipinski definition) is 7. The van der Waals surface area contributed by atoms with Crippen molar-refractivity contribution < 1.29 is 18.7 Å². The molecule has 0 bridgehead atoms. The number of nitrogens with zero attached hydrogens (tertiary/aromatic N) is 3. The Morgan fingerprint density at radius 3 is 2.61 bits per heavy atom. The van der Waals surface area contributed by atoms with Crippen molar-refractivity contribution in [1.29, 1.82) is 0 Å². The molecule has 142 valence electrons. The van der Waals surface area contributed by atoms with Crippen LogP contribution in [-0.4, -0.2) is 27.8 Å². The number of methoxy groups -OCH3 is 1. The molecule has 1 unspecified atom stereocenters. The van der Waals surface area contributed by atoms with Gasteiger partial charge in [-0.05, 0) is 54.8 Å². The second kappa shape index (κ2) is 7.69. The van der Waals surface area contributed by atoms with E-state index in [1.54, 1.807) is 14.0 Å². The van der Waals surface area contributed by atoms with Gasteiger partial charge in [-0.15, -0.1) is 21.5 Å². The number of benzene rings is 1. The van der Waals surface area contributed by atoms with E-state index in [0.29, 0.717) is 10.8 Å². The van der Waals surface area contributed by atoms with Gasteiger partial charge in [0.05, 0.1) is 12.8 Å². The van der Waals surface area contributed by atoms with Crippen LogP contribution in [0.25, 0.3) is 17.1 Å². The summed E-state index contributed by atoms with van der Waals surface area (Å²) in [6, 6.07) is 12.9. The molecule has 0 saturated heterocycles. The average Bonchev–Trinajstić information content (AvgIpc) is 3.48. The van der Waals surface area contributed by atoms with Crippen molar-refractivity contribution in [1.82, 2.24) is 14.8 Å². The highest BCUT2D eigenvalue weighted by Crippen LogP contribution is 2.27. The van der Waals surface area contributed by atoms with E-state index in [1.165, 1.54) is 11.3 Å². The number of rotatable bonds is 6. The van der Waals surface area contributed by atoms with E-state index in [1.807, 2.05) is 64.8 Å². The fourth-order valence-corrected chi connectivity index (χ4v) is 3.44. The molecular weight excluding hydrogens is 378 g/mol. The van der Waals surface area contributed by atoms with Gasteiger partial charge in [-0.2, -0.15) is 0 Å². The van der Waals surface area contributed by atoms with Crippen molar-refractivity contribution in [2.24, 2.45) is 0 Å². The van der Waals surface area contributed by atoms with Crippen LogP contribution in [-0.2, 0) is 4.74 Å². The first-order valence-corrected chi connectivity index (χ1v) is 9.43. The second-order valence-corrected chi connectivity index (χ2v) is 6.86. The molecule has 0 aliphatic rings. The van der Waals surface area contributed by atoms with Gasteiger partial charge in [-0.3, -0.25) is 0 Å². The molecular formula is C20H17N3O4S. The molecule has 0 saturated carbocycles. The summed E-state index contributed by atoms with van der Waals surface area (Å²) in [4.78, 5) is 13.1. The van der Waals surface area contributed by atoms with Crippen LogP contribution in [0.5, 0.6) is 5.75 Å². The first kappa shape index (κ1) is 18.0. The number of esters is 1. The van der Waals surface area contributed by atoms with Gasteiger partial charge < -0.3 is 18.5 Å². The van der Waals surface area contributed by atoms with Crippen molar-refractivity contribution in [2.75, 3.05) is 7.11 Å². The minimum Gasteiger partial charge on any atom is -0.497 e. The molecule has 3 aromatic heterocycles. The van der Waals surface area contributed by atoms with E-state index in [9.17, 15) is 4.79 Å². The van der Waals surface area contributed by atoms with Crippen LogP contribution in [0.1, 0.15) is 28.6 Å². The smallest absolute Gasteiger partial charge is 0.351 e. The summed E-state index contributed by atoms with van der Waals surface area (Å²) in [5, 5.41) is 9.91. The Morgan fingerprint density at radius 2 is 1.89 bits per heavy atom. The maximum atomic E-state index is 12.6. The number of carbonyl (C=O) groups is 1. The van der Waals surface area contributed by atoms with E-state index < -0.39 is 12.1 Å². The fourth-order valence-electron chi connectivity index (χ4n) is 2.67. The van der Waals surface area contributed by atoms with E-state index in [0.717, 1.165) is 17.0 Å². The SMILES string of the molecule is COc1ccc(-c2nnc(C(C)OC(=O)c3sccc3-n3cccc3)o2)cc1. The zero-order valence-corrected chi connectivity index (χ0v) is 16.1. The molecule has 0 fully saturated rings. The minimum absolute atomic E-state index is 0.234. The van der Waals surface area contributed by atoms with Gasteiger partial charge in [0, 0.05) is 18.0 Å². The third kappa shape index (κ3) is 3.54. The summed E-state index contributed by atoms with van der Waals surface area (Å²) >= 11 is 1.32. The largest absolute Gasteiger partial charge is 0.497 e. The Labute approximate surface area is 165 Å². The molecule has 0 spiro atoms. The Bertz CT molecular complexity index is 1070.